The van der Waals surface area contributed by atoms with E-state index in [-0.39, 0.29) is 0 Å². The molecule has 0 aromatic carbocycles. The SMILES string of the molecule is OC1(CNCCC2CCCCO2)CCCCC1. The second-order valence-corrected chi connectivity index (χ2v) is 5.74. The summed E-state index contributed by atoms with van der Waals surface area (Å²) in [7, 11) is 0. The minimum absolute atomic E-state index is 0.425. The summed E-state index contributed by atoms with van der Waals surface area (Å²) in [6, 6.07) is 0. The van der Waals surface area contributed by atoms with Crippen molar-refractivity contribution >= 4 is 0 Å². The largest absolute Gasteiger partial charge is 0.389 e. The second-order valence-electron chi connectivity index (χ2n) is 5.74. The van der Waals surface area contributed by atoms with Crippen LogP contribution in [0.5, 0.6) is 0 Å². The van der Waals surface area contributed by atoms with Gasteiger partial charge in [-0.05, 0) is 45.1 Å². The molecule has 2 fully saturated rings. The zero-order chi connectivity index (χ0) is 12.0. The summed E-state index contributed by atoms with van der Waals surface area (Å²) >= 11 is 0. The minimum Gasteiger partial charge on any atom is -0.389 e. The highest BCUT2D eigenvalue weighted by Crippen LogP contribution is 2.27. The van der Waals surface area contributed by atoms with Gasteiger partial charge in [-0.3, -0.25) is 0 Å². The van der Waals surface area contributed by atoms with Crippen LogP contribution in [-0.4, -0.2) is 36.5 Å². The van der Waals surface area contributed by atoms with Gasteiger partial charge in [0.2, 0.25) is 0 Å². The molecule has 0 bridgehead atoms. The van der Waals surface area contributed by atoms with Crippen LogP contribution in [0, 0.1) is 0 Å². The number of hydrogen-bond donors (Lipinski definition) is 2. The van der Waals surface area contributed by atoms with Crippen molar-refractivity contribution < 1.29 is 9.84 Å². The molecule has 2 aliphatic rings. The van der Waals surface area contributed by atoms with Gasteiger partial charge in [0.25, 0.3) is 0 Å². The minimum atomic E-state index is -0.425. The van der Waals surface area contributed by atoms with Crippen molar-refractivity contribution in [3.05, 3.63) is 0 Å². The number of nitrogens with one attached hydrogen (secondary N) is 1. The second kappa shape index (κ2) is 6.72. The molecule has 3 heteroatoms. The third-order valence-corrected chi connectivity index (χ3v) is 4.16. The lowest BCUT2D eigenvalue weighted by Gasteiger charge is -2.32. The van der Waals surface area contributed by atoms with E-state index in [2.05, 4.69) is 5.32 Å². The maximum atomic E-state index is 10.3. The molecule has 0 amide bonds. The van der Waals surface area contributed by atoms with Crippen LogP contribution >= 0.6 is 0 Å². The van der Waals surface area contributed by atoms with Gasteiger partial charge in [-0.2, -0.15) is 0 Å². The first-order chi connectivity index (χ1) is 8.29. The topological polar surface area (TPSA) is 41.5 Å². The van der Waals surface area contributed by atoms with Gasteiger partial charge in [0.1, 0.15) is 0 Å². The Labute approximate surface area is 105 Å². The highest BCUT2D eigenvalue weighted by Gasteiger charge is 2.28. The molecule has 0 aromatic heterocycles. The van der Waals surface area contributed by atoms with Crippen LogP contribution in [0.1, 0.15) is 57.8 Å². The molecule has 1 atom stereocenters. The molecule has 1 aliphatic carbocycles. The predicted octanol–water partition coefficient (Wildman–Crippen LogP) is 2.23. The number of aliphatic hydroxyl groups is 1. The third kappa shape index (κ3) is 4.57. The molecule has 1 aliphatic heterocycles. The maximum Gasteiger partial charge on any atom is 0.0771 e. The Balaban J connectivity index is 1.55. The van der Waals surface area contributed by atoms with Crippen LogP contribution < -0.4 is 5.32 Å². The Morgan fingerprint density at radius 1 is 1.12 bits per heavy atom. The molecule has 1 saturated carbocycles. The summed E-state index contributed by atoms with van der Waals surface area (Å²) in [6.45, 7) is 2.68. The lowest BCUT2D eigenvalue weighted by atomic mass is 9.85. The van der Waals surface area contributed by atoms with Crippen LogP contribution in [0.3, 0.4) is 0 Å². The normalized spacial score (nSPS) is 29.1. The smallest absolute Gasteiger partial charge is 0.0771 e. The van der Waals surface area contributed by atoms with E-state index in [0.29, 0.717) is 6.10 Å². The summed E-state index contributed by atoms with van der Waals surface area (Å²) in [5.74, 6) is 0. The van der Waals surface area contributed by atoms with E-state index >= 15 is 0 Å². The monoisotopic (exact) mass is 241 g/mol. The number of hydrogen-bond acceptors (Lipinski definition) is 3. The predicted molar refractivity (Wildman–Crippen MR) is 69.1 cm³/mol. The van der Waals surface area contributed by atoms with E-state index in [0.717, 1.165) is 39.0 Å². The summed E-state index contributed by atoms with van der Waals surface area (Å²) in [6.07, 6.45) is 10.9. The van der Waals surface area contributed by atoms with Crippen molar-refractivity contribution in [2.45, 2.75) is 69.5 Å². The van der Waals surface area contributed by atoms with Gasteiger partial charge in [-0.25, -0.2) is 0 Å². The summed E-state index contributed by atoms with van der Waals surface area (Å²) < 4.78 is 5.69. The van der Waals surface area contributed by atoms with E-state index in [4.69, 9.17) is 4.74 Å². The van der Waals surface area contributed by atoms with Crippen molar-refractivity contribution in [2.24, 2.45) is 0 Å². The average molecular weight is 241 g/mol. The Morgan fingerprint density at radius 2 is 1.94 bits per heavy atom. The van der Waals surface area contributed by atoms with Crippen molar-refractivity contribution in [3.8, 4) is 0 Å². The van der Waals surface area contributed by atoms with Gasteiger partial charge >= 0.3 is 0 Å². The Bertz CT molecular complexity index is 208. The molecule has 1 heterocycles. The molecule has 17 heavy (non-hydrogen) atoms. The quantitative estimate of drug-likeness (QED) is 0.725. The fourth-order valence-electron chi connectivity index (χ4n) is 3.01. The number of rotatable bonds is 5. The van der Waals surface area contributed by atoms with Crippen LogP contribution in [0.25, 0.3) is 0 Å². The molecular formula is C14H27NO2. The zero-order valence-electron chi connectivity index (χ0n) is 10.9. The Hall–Kier alpha value is -0.120. The van der Waals surface area contributed by atoms with E-state index < -0.39 is 5.60 Å². The van der Waals surface area contributed by atoms with Gasteiger partial charge in [0.05, 0.1) is 11.7 Å². The van der Waals surface area contributed by atoms with Crippen LogP contribution in [0.4, 0.5) is 0 Å². The molecule has 2 N–H and O–H groups in total. The van der Waals surface area contributed by atoms with Gasteiger partial charge in [0.15, 0.2) is 0 Å². The highest BCUT2D eigenvalue weighted by molar-refractivity contribution is 4.84. The van der Waals surface area contributed by atoms with Crippen molar-refractivity contribution in [1.29, 1.82) is 0 Å². The van der Waals surface area contributed by atoms with E-state index in [9.17, 15) is 5.11 Å². The van der Waals surface area contributed by atoms with E-state index in [1.807, 2.05) is 0 Å². The van der Waals surface area contributed by atoms with Crippen LogP contribution in [0.2, 0.25) is 0 Å². The van der Waals surface area contributed by atoms with Gasteiger partial charge in [-0.1, -0.05) is 19.3 Å². The molecule has 0 aromatic rings. The fraction of sp³-hybridized carbons (Fsp3) is 1.00. The highest BCUT2D eigenvalue weighted by atomic mass is 16.5. The average Bonchev–Trinajstić information content (AvgIpc) is 2.37. The van der Waals surface area contributed by atoms with Gasteiger partial charge in [-0.15, -0.1) is 0 Å². The van der Waals surface area contributed by atoms with Crippen molar-refractivity contribution in [2.75, 3.05) is 19.7 Å². The third-order valence-electron chi connectivity index (χ3n) is 4.16. The van der Waals surface area contributed by atoms with E-state index in [1.165, 1.54) is 38.5 Å². The summed E-state index contributed by atoms with van der Waals surface area (Å²) in [4.78, 5) is 0. The van der Waals surface area contributed by atoms with E-state index in [1.54, 1.807) is 0 Å². The maximum absolute atomic E-state index is 10.3. The molecular weight excluding hydrogens is 214 g/mol. The van der Waals surface area contributed by atoms with Crippen molar-refractivity contribution in [1.82, 2.24) is 5.32 Å². The van der Waals surface area contributed by atoms with Gasteiger partial charge < -0.3 is 15.2 Å². The standard InChI is InChI=1S/C14H27NO2/c16-14(8-3-1-4-9-14)12-15-10-7-13-6-2-5-11-17-13/h13,15-16H,1-12H2. The molecule has 3 nitrogen and oxygen atoms in total. The molecule has 1 saturated heterocycles. The molecule has 0 radical (unpaired) electrons. The Kier molecular flexibility index (Phi) is 5.26. The van der Waals surface area contributed by atoms with Crippen LogP contribution in [0.15, 0.2) is 0 Å². The van der Waals surface area contributed by atoms with Gasteiger partial charge in [0, 0.05) is 13.2 Å². The van der Waals surface area contributed by atoms with Crippen molar-refractivity contribution in [3.63, 3.8) is 0 Å². The molecule has 100 valence electrons. The lowest BCUT2D eigenvalue weighted by Crippen LogP contribution is -2.43. The molecule has 0 spiro atoms. The summed E-state index contributed by atoms with van der Waals surface area (Å²) in [5, 5.41) is 13.7. The Morgan fingerprint density at radius 3 is 2.65 bits per heavy atom. The fourth-order valence-corrected chi connectivity index (χ4v) is 3.01. The first-order valence-electron chi connectivity index (χ1n) is 7.33. The summed E-state index contributed by atoms with van der Waals surface area (Å²) in [5.41, 5.74) is -0.425. The molecule has 2 rings (SSSR count). The lowest BCUT2D eigenvalue weighted by molar-refractivity contribution is -0.00226. The molecule has 1 unspecified atom stereocenters. The van der Waals surface area contributed by atoms with Crippen LogP contribution in [-0.2, 0) is 4.74 Å². The zero-order valence-corrected chi connectivity index (χ0v) is 10.9. The first-order valence-corrected chi connectivity index (χ1v) is 7.33. The first kappa shape index (κ1) is 13.3. The number of ether oxygens (including phenoxy) is 1.